The minimum absolute atomic E-state index is 0.00927. The number of carbonyl (C=O) groups is 2. The first-order chi connectivity index (χ1) is 19.7. The highest BCUT2D eigenvalue weighted by atomic mass is 35.5. The lowest BCUT2D eigenvalue weighted by Gasteiger charge is -2.33. The fraction of sp³-hybridized carbons (Fsp3) is 0.355. The summed E-state index contributed by atoms with van der Waals surface area (Å²) in [4.78, 5) is 28.9. The van der Waals surface area contributed by atoms with E-state index in [9.17, 15) is 18.0 Å². The predicted octanol–water partition coefficient (Wildman–Crippen LogP) is 5.31. The van der Waals surface area contributed by atoms with Gasteiger partial charge in [0.25, 0.3) is 10.0 Å². The van der Waals surface area contributed by atoms with Gasteiger partial charge in [0.05, 0.1) is 17.7 Å². The lowest BCUT2D eigenvalue weighted by Crippen LogP contribution is -2.53. The second-order valence-corrected chi connectivity index (χ2v) is 11.8. The molecule has 0 bridgehead atoms. The first-order valence-electron chi connectivity index (χ1n) is 13.7. The van der Waals surface area contributed by atoms with E-state index in [0.29, 0.717) is 19.4 Å². The van der Waals surface area contributed by atoms with Crippen molar-refractivity contribution in [1.29, 1.82) is 0 Å². The number of unbranched alkanes of at least 4 members (excludes halogenated alkanes) is 1. The summed E-state index contributed by atoms with van der Waals surface area (Å²) in [6.45, 7) is 4.05. The molecule has 0 fully saturated rings. The summed E-state index contributed by atoms with van der Waals surface area (Å²) < 4.78 is 34.4. The van der Waals surface area contributed by atoms with Crippen LogP contribution in [-0.4, -0.2) is 57.9 Å². The molecule has 3 aromatic carbocycles. The Labute approximate surface area is 248 Å². The van der Waals surface area contributed by atoms with E-state index in [0.717, 1.165) is 22.7 Å². The summed E-state index contributed by atoms with van der Waals surface area (Å²) in [6, 6.07) is 21.3. The number of rotatable bonds is 15. The Bertz CT molecular complexity index is 1390. The fourth-order valence-corrected chi connectivity index (χ4v) is 6.10. The Kier molecular flexibility index (Phi) is 12.0. The highest BCUT2D eigenvalue weighted by molar-refractivity contribution is 7.92. The third-order valence-corrected chi connectivity index (χ3v) is 8.73. The Balaban J connectivity index is 2.04. The van der Waals surface area contributed by atoms with Gasteiger partial charge in [-0.15, -0.1) is 0 Å². The van der Waals surface area contributed by atoms with E-state index >= 15 is 0 Å². The maximum absolute atomic E-state index is 14.1. The summed E-state index contributed by atoms with van der Waals surface area (Å²) in [5.74, 6) is -0.540. The number of sulfonamides is 1. The van der Waals surface area contributed by atoms with Gasteiger partial charge in [0, 0.05) is 18.1 Å². The molecule has 41 heavy (non-hydrogen) atoms. The monoisotopic (exact) mass is 599 g/mol. The molecule has 0 aliphatic carbocycles. The highest BCUT2D eigenvalue weighted by Gasteiger charge is 2.34. The van der Waals surface area contributed by atoms with Crippen LogP contribution in [0.2, 0.25) is 5.02 Å². The van der Waals surface area contributed by atoms with Gasteiger partial charge in [-0.3, -0.25) is 13.9 Å². The summed E-state index contributed by atoms with van der Waals surface area (Å²) in [6.07, 6.45) is 2.60. The topological polar surface area (TPSA) is 96.0 Å². The van der Waals surface area contributed by atoms with Gasteiger partial charge in [-0.05, 0) is 55.2 Å². The van der Waals surface area contributed by atoms with Crippen molar-refractivity contribution in [2.24, 2.45) is 0 Å². The molecule has 0 saturated heterocycles. The van der Waals surface area contributed by atoms with E-state index in [4.69, 9.17) is 16.3 Å². The number of hydrogen-bond acceptors (Lipinski definition) is 5. The third-order valence-electron chi connectivity index (χ3n) is 6.72. The standard InChI is InChI=1S/C31H38ClN3O5S/c1-4-6-20-33-31(37)27(5-2)34(21-19-24-13-9-7-10-14-24)30(36)23-35(28-22-25(32)17-18-29(28)40-3)41(38,39)26-15-11-8-12-16-26/h7-18,22,27H,4-6,19-21,23H2,1-3H3,(H,33,37)/t27-/m1/s1. The van der Waals surface area contributed by atoms with Gasteiger partial charge in [0.1, 0.15) is 18.3 Å². The Morgan fingerprint density at radius 2 is 1.63 bits per heavy atom. The van der Waals surface area contributed by atoms with Crippen molar-refractivity contribution in [1.82, 2.24) is 10.2 Å². The molecule has 0 aliphatic heterocycles. The number of methoxy groups -OCH3 is 1. The zero-order chi connectivity index (χ0) is 29.8. The van der Waals surface area contributed by atoms with Crippen LogP contribution in [0.3, 0.4) is 0 Å². The average molecular weight is 600 g/mol. The number of benzene rings is 3. The van der Waals surface area contributed by atoms with E-state index < -0.39 is 28.5 Å². The van der Waals surface area contributed by atoms with Crippen molar-refractivity contribution in [2.45, 2.75) is 50.5 Å². The fourth-order valence-electron chi connectivity index (χ4n) is 4.49. The Hall–Kier alpha value is -3.56. The number of nitrogens with one attached hydrogen (secondary N) is 1. The molecule has 1 N–H and O–H groups in total. The van der Waals surface area contributed by atoms with Crippen molar-refractivity contribution in [3.8, 4) is 5.75 Å². The van der Waals surface area contributed by atoms with Crippen LogP contribution in [0.4, 0.5) is 5.69 Å². The summed E-state index contributed by atoms with van der Waals surface area (Å²) in [5, 5.41) is 3.21. The molecule has 3 rings (SSSR count). The summed E-state index contributed by atoms with van der Waals surface area (Å²) in [5.41, 5.74) is 1.12. The van der Waals surface area contributed by atoms with Crippen LogP contribution in [0.5, 0.6) is 5.75 Å². The SMILES string of the molecule is CCCCNC(=O)[C@@H](CC)N(CCc1ccccc1)C(=O)CN(c1cc(Cl)ccc1OC)S(=O)(=O)c1ccccc1. The quantitative estimate of drug-likeness (QED) is 0.239. The van der Waals surface area contributed by atoms with Crippen LogP contribution >= 0.6 is 11.6 Å². The van der Waals surface area contributed by atoms with Gasteiger partial charge < -0.3 is 15.0 Å². The number of anilines is 1. The van der Waals surface area contributed by atoms with E-state index in [1.807, 2.05) is 44.2 Å². The van der Waals surface area contributed by atoms with Gasteiger partial charge in [0.15, 0.2) is 0 Å². The van der Waals surface area contributed by atoms with Crippen molar-refractivity contribution < 1.29 is 22.7 Å². The van der Waals surface area contributed by atoms with Gasteiger partial charge >= 0.3 is 0 Å². The van der Waals surface area contributed by atoms with Crippen molar-refractivity contribution in [2.75, 3.05) is 31.0 Å². The third kappa shape index (κ3) is 8.47. The molecule has 10 heteroatoms. The Morgan fingerprint density at radius 1 is 0.976 bits per heavy atom. The Morgan fingerprint density at radius 3 is 2.24 bits per heavy atom. The number of halogens is 1. The molecule has 0 saturated carbocycles. The van der Waals surface area contributed by atoms with E-state index in [1.54, 1.807) is 30.3 Å². The molecule has 3 aromatic rings. The van der Waals surface area contributed by atoms with Crippen LogP contribution in [0.1, 0.15) is 38.7 Å². The smallest absolute Gasteiger partial charge is 0.264 e. The van der Waals surface area contributed by atoms with Crippen LogP contribution in [0.15, 0.2) is 83.8 Å². The molecule has 0 radical (unpaired) electrons. The first-order valence-corrected chi connectivity index (χ1v) is 15.6. The predicted molar refractivity (Wildman–Crippen MR) is 163 cm³/mol. The summed E-state index contributed by atoms with van der Waals surface area (Å²) in [7, 11) is -2.80. The molecule has 0 aromatic heterocycles. The molecular weight excluding hydrogens is 562 g/mol. The van der Waals surface area contributed by atoms with Gasteiger partial charge in [-0.1, -0.05) is 80.4 Å². The molecule has 220 valence electrons. The van der Waals surface area contributed by atoms with Crippen LogP contribution in [0.25, 0.3) is 0 Å². The van der Waals surface area contributed by atoms with Gasteiger partial charge in [-0.2, -0.15) is 0 Å². The maximum atomic E-state index is 14.1. The molecule has 0 unspecified atom stereocenters. The molecule has 0 heterocycles. The molecule has 8 nitrogen and oxygen atoms in total. The number of amides is 2. The highest BCUT2D eigenvalue weighted by Crippen LogP contribution is 2.35. The lowest BCUT2D eigenvalue weighted by atomic mass is 10.1. The largest absolute Gasteiger partial charge is 0.495 e. The molecule has 0 aliphatic rings. The van der Waals surface area contributed by atoms with Crippen molar-refractivity contribution in [3.05, 3.63) is 89.4 Å². The average Bonchev–Trinajstić information content (AvgIpc) is 2.98. The second kappa shape index (κ2) is 15.4. The zero-order valence-corrected chi connectivity index (χ0v) is 25.3. The number of nitrogens with zero attached hydrogens (tertiary/aromatic N) is 2. The minimum Gasteiger partial charge on any atom is -0.495 e. The summed E-state index contributed by atoms with van der Waals surface area (Å²) >= 11 is 6.28. The molecular formula is C31H38ClN3O5S. The van der Waals surface area contributed by atoms with Crippen LogP contribution in [-0.2, 0) is 26.0 Å². The van der Waals surface area contributed by atoms with Crippen LogP contribution in [0, 0.1) is 0 Å². The minimum atomic E-state index is -4.22. The molecule has 1 atom stereocenters. The van der Waals surface area contributed by atoms with Gasteiger partial charge in [0.2, 0.25) is 11.8 Å². The van der Waals surface area contributed by atoms with E-state index in [1.165, 1.54) is 30.2 Å². The van der Waals surface area contributed by atoms with Crippen molar-refractivity contribution in [3.63, 3.8) is 0 Å². The van der Waals surface area contributed by atoms with E-state index in [2.05, 4.69) is 5.32 Å². The first kappa shape index (κ1) is 32.0. The van der Waals surface area contributed by atoms with E-state index in [-0.39, 0.29) is 33.8 Å². The maximum Gasteiger partial charge on any atom is 0.264 e. The van der Waals surface area contributed by atoms with Crippen LogP contribution < -0.4 is 14.4 Å². The zero-order valence-electron chi connectivity index (χ0n) is 23.8. The number of ether oxygens (including phenoxy) is 1. The normalized spacial score (nSPS) is 11.9. The van der Waals surface area contributed by atoms with Gasteiger partial charge in [-0.25, -0.2) is 8.42 Å². The lowest BCUT2D eigenvalue weighted by molar-refractivity contribution is -0.139. The van der Waals surface area contributed by atoms with Crippen molar-refractivity contribution >= 4 is 39.1 Å². The second-order valence-electron chi connectivity index (χ2n) is 9.53. The molecule has 0 spiro atoms. The molecule has 2 amide bonds. The number of carbonyl (C=O) groups excluding carboxylic acids is 2. The number of hydrogen-bond donors (Lipinski definition) is 1.